The molecule has 0 bridgehead atoms. The van der Waals surface area contributed by atoms with Crippen LogP contribution in [-0.2, 0) is 4.79 Å². The predicted molar refractivity (Wildman–Crippen MR) is 87.1 cm³/mol. The summed E-state index contributed by atoms with van der Waals surface area (Å²) >= 11 is 0. The van der Waals surface area contributed by atoms with Crippen molar-refractivity contribution < 1.29 is 4.79 Å². The van der Waals surface area contributed by atoms with Gasteiger partial charge in [-0.1, -0.05) is 19.9 Å². The second-order valence-corrected chi connectivity index (χ2v) is 6.13. The van der Waals surface area contributed by atoms with Gasteiger partial charge in [0.05, 0.1) is 11.2 Å². The second kappa shape index (κ2) is 6.68. The van der Waals surface area contributed by atoms with E-state index in [2.05, 4.69) is 24.1 Å². The first-order chi connectivity index (χ1) is 10.0. The molecule has 0 unspecified atom stereocenters. The van der Waals surface area contributed by atoms with Crippen LogP contribution >= 0.6 is 0 Å². The predicted octanol–water partition coefficient (Wildman–Crippen LogP) is 3.33. The van der Waals surface area contributed by atoms with Crippen LogP contribution in [0.5, 0.6) is 0 Å². The number of nitrogens with zero attached hydrogens (tertiary/aromatic N) is 1. The number of nitrogens with two attached hydrogens (primary N) is 1. The van der Waals surface area contributed by atoms with E-state index in [9.17, 15) is 4.79 Å². The van der Waals surface area contributed by atoms with Gasteiger partial charge in [-0.3, -0.25) is 9.78 Å². The van der Waals surface area contributed by atoms with Crippen LogP contribution in [0.1, 0.15) is 33.1 Å². The number of aromatic nitrogens is 1. The third kappa shape index (κ3) is 4.26. The number of rotatable bonds is 6. The van der Waals surface area contributed by atoms with E-state index in [1.807, 2.05) is 30.3 Å². The monoisotopic (exact) mass is 285 g/mol. The molecule has 0 aliphatic carbocycles. The molecule has 2 aromatic rings. The number of pyridine rings is 1. The summed E-state index contributed by atoms with van der Waals surface area (Å²) in [5.74, 6) is 0.0384. The molecule has 0 saturated carbocycles. The molecule has 1 heterocycles. The summed E-state index contributed by atoms with van der Waals surface area (Å²) in [7, 11) is 0. The van der Waals surface area contributed by atoms with Crippen molar-refractivity contribution in [2.45, 2.75) is 33.1 Å². The number of fused-ring (bicyclic) bond motifs is 1. The molecule has 0 atom stereocenters. The maximum Gasteiger partial charge on any atom is 0.224 e. The van der Waals surface area contributed by atoms with Crippen molar-refractivity contribution in [2.75, 3.05) is 11.9 Å². The lowest BCUT2D eigenvalue weighted by Crippen LogP contribution is -2.20. The summed E-state index contributed by atoms with van der Waals surface area (Å²) in [5.41, 5.74) is 7.41. The molecule has 112 valence electrons. The van der Waals surface area contributed by atoms with Crippen molar-refractivity contribution in [1.82, 2.24) is 4.98 Å². The second-order valence-electron chi connectivity index (χ2n) is 6.13. The Labute approximate surface area is 125 Å². The number of nitrogens with one attached hydrogen (secondary N) is 1. The average molecular weight is 285 g/mol. The van der Waals surface area contributed by atoms with Crippen LogP contribution in [0.25, 0.3) is 10.9 Å². The van der Waals surface area contributed by atoms with Gasteiger partial charge in [-0.05, 0) is 49.1 Å². The highest BCUT2D eigenvalue weighted by atomic mass is 16.1. The molecule has 0 fully saturated rings. The van der Waals surface area contributed by atoms with Crippen molar-refractivity contribution >= 4 is 22.5 Å². The molecule has 0 aliphatic heterocycles. The molecule has 21 heavy (non-hydrogen) atoms. The van der Waals surface area contributed by atoms with Crippen LogP contribution in [-0.4, -0.2) is 17.4 Å². The van der Waals surface area contributed by atoms with Gasteiger partial charge in [-0.2, -0.15) is 0 Å². The van der Waals surface area contributed by atoms with Gasteiger partial charge >= 0.3 is 0 Å². The average Bonchev–Trinajstić information content (AvgIpc) is 2.46. The molecule has 1 aromatic heterocycles. The molecule has 0 saturated heterocycles. The molecular weight excluding hydrogens is 262 g/mol. The molecule has 4 heteroatoms. The zero-order valence-corrected chi connectivity index (χ0v) is 12.7. The molecular formula is C17H23N3O. The minimum atomic E-state index is 0.0384. The molecule has 2 rings (SSSR count). The standard InChI is InChI=1S/C17H23N3O/c1-17(2,10-11-18)9-8-16(21)20-15-7-3-6-14-13(15)5-4-12-19-14/h3-7,12H,8-11,18H2,1-2H3,(H,20,21). The Morgan fingerprint density at radius 3 is 2.81 bits per heavy atom. The van der Waals surface area contributed by atoms with Crippen LogP contribution < -0.4 is 11.1 Å². The quantitative estimate of drug-likeness (QED) is 0.855. The highest BCUT2D eigenvalue weighted by Crippen LogP contribution is 2.27. The maximum absolute atomic E-state index is 12.1. The Balaban J connectivity index is 2.02. The topological polar surface area (TPSA) is 68.0 Å². The summed E-state index contributed by atoms with van der Waals surface area (Å²) in [6, 6.07) is 9.60. The van der Waals surface area contributed by atoms with Crippen molar-refractivity contribution in [3.63, 3.8) is 0 Å². The summed E-state index contributed by atoms with van der Waals surface area (Å²) in [6.07, 6.45) is 4.02. The fourth-order valence-corrected chi connectivity index (χ4v) is 2.39. The van der Waals surface area contributed by atoms with Crippen LogP contribution in [0, 0.1) is 5.41 Å². The first-order valence-electron chi connectivity index (χ1n) is 7.35. The van der Waals surface area contributed by atoms with Gasteiger partial charge in [-0.25, -0.2) is 0 Å². The zero-order chi connectivity index (χ0) is 15.3. The minimum Gasteiger partial charge on any atom is -0.330 e. The molecule has 1 aromatic carbocycles. The van der Waals surface area contributed by atoms with E-state index in [1.54, 1.807) is 6.20 Å². The lowest BCUT2D eigenvalue weighted by molar-refractivity contribution is -0.116. The lowest BCUT2D eigenvalue weighted by atomic mass is 9.84. The first kappa shape index (κ1) is 15.4. The molecule has 4 nitrogen and oxygen atoms in total. The molecule has 0 spiro atoms. The largest absolute Gasteiger partial charge is 0.330 e. The van der Waals surface area contributed by atoms with E-state index >= 15 is 0 Å². The van der Waals surface area contributed by atoms with Crippen molar-refractivity contribution in [3.8, 4) is 0 Å². The summed E-state index contributed by atoms with van der Waals surface area (Å²) < 4.78 is 0. The molecule has 0 aliphatic rings. The molecule has 1 amide bonds. The Kier molecular flexibility index (Phi) is 4.91. The summed E-state index contributed by atoms with van der Waals surface area (Å²) in [5, 5.41) is 3.96. The van der Waals surface area contributed by atoms with Crippen LogP contribution in [0.15, 0.2) is 36.5 Å². The summed E-state index contributed by atoms with van der Waals surface area (Å²) in [6.45, 7) is 4.95. The minimum absolute atomic E-state index is 0.0384. The van der Waals surface area contributed by atoms with E-state index in [0.717, 1.165) is 29.4 Å². The number of amides is 1. The smallest absolute Gasteiger partial charge is 0.224 e. The third-order valence-corrected chi connectivity index (χ3v) is 3.77. The van der Waals surface area contributed by atoms with Gasteiger partial charge in [0.1, 0.15) is 0 Å². The number of anilines is 1. The lowest BCUT2D eigenvalue weighted by Gasteiger charge is -2.23. The maximum atomic E-state index is 12.1. The van der Waals surface area contributed by atoms with Gasteiger partial charge in [0.2, 0.25) is 5.91 Å². The van der Waals surface area contributed by atoms with Crippen LogP contribution in [0.2, 0.25) is 0 Å². The summed E-state index contributed by atoms with van der Waals surface area (Å²) in [4.78, 5) is 16.4. The normalized spacial score (nSPS) is 11.6. The molecule has 0 radical (unpaired) electrons. The fourth-order valence-electron chi connectivity index (χ4n) is 2.39. The number of hydrogen-bond acceptors (Lipinski definition) is 3. The Hall–Kier alpha value is -1.94. The van der Waals surface area contributed by atoms with Gasteiger partial charge in [0.15, 0.2) is 0 Å². The highest BCUT2D eigenvalue weighted by Gasteiger charge is 2.18. The number of hydrogen-bond donors (Lipinski definition) is 2. The van der Waals surface area contributed by atoms with Gasteiger partial charge in [0.25, 0.3) is 0 Å². The van der Waals surface area contributed by atoms with Crippen molar-refractivity contribution in [3.05, 3.63) is 36.5 Å². The zero-order valence-electron chi connectivity index (χ0n) is 12.7. The van der Waals surface area contributed by atoms with Gasteiger partial charge in [0, 0.05) is 18.0 Å². The van der Waals surface area contributed by atoms with E-state index in [1.165, 1.54) is 0 Å². The first-order valence-corrected chi connectivity index (χ1v) is 7.35. The Morgan fingerprint density at radius 1 is 1.24 bits per heavy atom. The number of benzene rings is 1. The SMILES string of the molecule is CC(C)(CCN)CCC(=O)Nc1cccc2ncccc12. The van der Waals surface area contributed by atoms with Crippen LogP contribution in [0.3, 0.4) is 0 Å². The van der Waals surface area contributed by atoms with Gasteiger partial charge < -0.3 is 11.1 Å². The Bertz CT molecular complexity index is 617. The number of carbonyl (C=O) groups excluding carboxylic acids is 1. The van der Waals surface area contributed by atoms with Crippen molar-refractivity contribution in [1.29, 1.82) is 0 Å². The van der Waals surface area contributed by atoms with E-state index < -0.39 is 0 Å². The molecule has 3 N–H and O–H groups in total. The fraction of sp³-hybridized carbons (Fsp3) is 0.412. The van der Waals surface area contributed by atoms with E-state index in [4.69, 9.17) is 5.73 Å². The third-order valence-electron chi connectivity index (χ3n) is 3.77. The highest BCUT2D eigenvalue weighted by molar-refractivity contribution is 6.00. The van der Waals surface area contributed by atoms with Gasteiger partial charge in [-0.15, -0.1) is 0 Å². The number of carbonyl (C=O) groups is 1. The van der Waals surface area contributed by atoms with Crippen molar-refractivity contribution in [2.24, 2.45) is 11.1 Å². The van der Waals surface area contributed by atoms with E-state index in [0.29, 0.717) is 13.0 Å². The van der Waals surface area contributed by atoms with E-state index in [-0.39, 0.29) is 11.3 Å². The van der Waals surface area contributed by atoms with Crippen LogP contribution in [0.4, 0.5) is 5.69 Å². The Morgan fingerprint density at radius 2 is 2.05 bits per heavy atom.